The summed E-state index contributed by atoms with van der Waals surface area (Å²) in [4.78, 5) is 35.6. The van der Waals surface area contributed by atoms with Crippen LogP contribution >= 0.6 is 11.6 Å². The zero-order valence-corrected chi connectivity index (χ0v) is 10.1. The summed E-state index contributed by atoms with van der Waals surface area (Å²) >= 11 is 5.81. The molecule has 1 aliphatic heterocycles. The maximum atomic E-state index is 11.8. The molecular formula is C12H10ClNO4. The number of hydrogen-bond donors (Lipinski definition) is 1. The fourth-order valence-electron chi connectivity index (χ4n) is 1.93. The first-order valence-electron chi connectivity index (χ1n) is 5.40. The number of nitrogens with zero attached hydrogens (tertiary/aromatic N) is 1. The number of anilines is 1. The number of carbonyl (C=O) groups excluding carboxylic acids is 2. The van der Waals surface area contributed by atoms with Crippen LogP contribution in [0, 0.1) is 0 Å². The summed E-state index contributed by atoms with van der Waals surface area (Å²) in [7, 11) is 0. The number of carboxylic acid groups (broad SMARTS) is 1. The SMILES string of the molecule is O=C(O)c1c(Cl)cccc1N1C(=O)CCCC1=O. The quantitative estimate of drug-likeness (QED) is 0.833. The van der Waals surface area contributed by atoms with Gasteiger partial charge in [0, 0.05) is 12.8 Å². The zero-order valence-electron chi connectivity index (χ0n) is 9.35. The molecule has 0 aromatic heterocycles. The molecule has 0 saturated carbocycles. The molecule has 0 radical (unpaired) electrons. The molecule has 1 heterocycles. The number of amides is 2. The summed E-state index contributed by atoms with van der Waals surface area (Å²) in [6.07, 6.45) is 0.964. The summed E-state index contributed by atoms with van der Waals surface area (Å²) in [5.41, 5.74) is -0.174. The van der Waals surface area contributed by atoms with Gasteiger partial charge in [-0.25, -0.2) is 9.69 Å². The van der Waals surface area contributed by atoms with Gasteiger partial charge >= 0.3 is 5.97 Å². The van der Waals surface area contributed by atoms with Gasteiger partial charge in [0.1, 0.15) is 5.56 Å². The van der Waals surface area contributed by atoms with Gasteiger partial charge in [-0.05, 0) is 18.6 Å². The van der Waals surface area contributed by atoms with E-state index in [1.807, 2.05) is 0 Å². The normalized spacial score (nSPS) is 15.9. The molecule has 5 nitrogen and oxygen atoms in total. The average molecular weight is 268 g/mol. The van der Waals surface area contributed by atoms with Crippen LogP contribution in [0.15, 0.2) is 18.2 Å². The third-order valence-electron chi connectivity index (χ3n) is 2.73. The molecular weight excluding hydrogens is 258 g/mol. The van der Waals surface area contributed by atoms with E-state index in [4.69, 9.17) is 16.7 Å². The van der Waals surface area contributed by atoms with Gasteiger partial charge in [0.25, 0.3) is 0 Å². The molecule has 0 bridgehead atoms. The second-order valence-electron chi connectivity index (χ2n) is 3.92. The van der Waals surface area contributed by atoms with E-state index in [1.165, 1.54) is 18.2 Å². The Bertz CT molecular complexity index is 525. The van der Waals surface area contributed by atoms with Crippen molar-refractivity contribution in [3.05, 3.63) is 28.8 Å². The molecule has 2 rings (SSSR count). The minimum atomic E-state index is -1.26. The Kier molecular flexibility index (Phi) is 3.34. The second-order valence-corrected chi connectivity index (χ2v) is 4.32. The number of carboxylic acids is 1. The molecule has 6 heteroatoms. The van der Waals surface area contributed by atoms with E-state index in [0.717, 1.165) is 4.90 Å². The Labute approximate surface area is 108 Å². The minimum absolute atomic E-state index is 0.00572. The summed E-state index contributed by atoms with van der Waals surface area (Å²) in [6.45, 7) is 0. The van der Waals surface area contributed by atoms with E-state index >= 15 is 0 Å². The average Bonchev–Trinajstić information content (AvgIpc) is 2.28. The van der Waals surface area contributed by atoms with Crippen LogP contribution in [0.3, 0.4) is 0 Å². The zero-order chi connectivity index (χ0) is 13.3. The third-order valence-corrected chi connectivity index (χ3v) is 3.04. The molecule has 1 aromatic rings. The van der Waals surface area contributed by atoms with Crippen LogP contribution in [0.5, 0.6) is 0 Å². The highest BCUT2D eigenvalue weighted by molar-refractivity contribution is 6.35. The molecule has 1 aromatic carbocycles. The van der Waals surface area contributed by atoms with Gasteiger partial charge < -0.3 is 5.11 Å². The molecule has 0 atom stereocenters. The lowest BCUT2D eigenvalue weighted by molar-refractivity contribution is -0.129. The highest BCUT2D eigenvalue weighted by atomic mass is 35.5. The Morgan fingerprint density at radius 2 is 1.83 bits per heavy atom. The Balaban J connectivity index is 2.56. The first-order chi connectivity index (χ1) is 8.52. The number of imide groups is 1. The van der Waals surface area contributed by atoms with Crippen molar-refractivity contribution in [1.82, 2.24) is 0 Å². The van der Waals surface area contributed by atoms with E-state index in [2.05, 4.69) is 0 Å². The first kappa shape index (κ1) is 12.6. The van der Waals surface area contributed by atoms with Gasteiger partial charge in [-0.15, -0.1) is 0 Å². The van der Waals surface area contributed by atoms with E-state index in [1.54, 1.807) is 0 Å². The predicted molar refractivity (Wildman–Crippen MR) is 64.8 cm³/mol. The van der Waals surface area contributed by atoms with E-state index < -0.39 is 17.8 Å². The van der Waals surface area contributed by atoms with Crippen molar-refractivity contribution in [2.45, 2.75) is 19.3 Å². The molecule has 1 saturated heterocycles. The first-order valence-corrected chi connectivity index (χ1v) is 5.77. The lowest BCUT2D eigenvalue weighted by Crippen LogP contribution is -2.41. The summed E-state index contributed by atoms with van der Waals surface area (Å²) in [6, 6.07) is 4.34. The smallest absolute Gasteiger partial charge is 0.339 e. The molecule has 94 valence electrons. The monoisotopic (exact) mass is 267 g/mol. The van der Waals surface area contributed by atoms with E-state index in [9.17, 15) is 14.4 Å². The van der Waals surface area contributed by atoms with Crippen molar-refractivity contribution in [2.75, 3.05) is 4.90 Å². The second kappa shape index (κ2) is 4.78. The number of aromatic carboxylic acids is 1. The van der Waals surface area contributed by atoms with Gasteiger partial charge in [-0.2, -0.15) is 0 Å². The summed E-state index contributed by atoms with van der Waals surface area (Å²) in [5.74, 6) is -2.05. The Hall–Kier alpha value is -1.88. The van der Waals surface area contributed by atoms with Crippen LogP contribution in [-0.2, 0) is 9.59 Å². The maximum absolute atomic E-state index is 11.8. The molecule has 0 spiro atoms. The van der Waals surface area contributed by atoms with Crippen LogP contribution in [0.25, 0.3) is 0 Å². The number of hydrogen-bond acceptors (Lipinski definition) is 3. The van der Waals surface area contributed by atoms with Crippen molar-refractivity contribution in [3.8, 4) is 0 Å². The van der Waals surface area contributed by atoms with Gasteiger partial charge in [-0.1, -0.05) is 17.7 Å². The maximum Gasteiger partial charge on any atom is 0.339 e. The largest absolute Gasteiger partial charge is 0.478 e. The molecule has 1 N–H and O–H groups in total. The minimum Gasteiger partial charge on any atom is -0.478 e. The van der Waals surface area contributed by atoms with Crippen LogP contribution < -0.4 is 4.90 Å². The van der Waals surface area contributed by atoms with Crippen molar-refractivity contribution >= 4 is 35.1 Å². The Morgan fingerprint density at radius 1 is 1.22 bits per heavy atom. The molecule has 2 amide bonds. The van der Waals surface area contributed by atoms with Gasteiger partial charge in [0.05, 0.1) is 10.7 Å². The van der Waals surface area contributed by atoms with Gasteiger partial charge in [-0.3, -0.25) is 9.59 Å². The van der Waals surface area contributed by atoms with Crippen LogP contribution in [0.2, 0.25) is 5.02 Å². The van der Waals surface area contributed by atoms with Crippen LogP contribution in [0.1, 0.15) is 29.6 Å². The van der Waals surface area contributed by atoms with Gasteiger partial charge in [0.15, 0.2) is 0 Å². The topological polar surface area (TPSA) is 74.7 Å². The summed E-state index contributed by atoms with van der Waals surface area (Å²) < 4.78 is 0. The predicted octanol–water partition coefficient (Wildman–Crippen LogP) is 2.08. The van der Waals surface area contributed by atoms with Crippen molar-refractivity contribution in [3.63, 3.8) is 0 Å². The highest BCUT2D eigenvalue weighted by Gasteiger charge is 2.31. The number of benzene rings is 1. The number of rotatable bonds is 2. The molecule has 0 unspecified atom stereocenters. The van der Waals surface area contributed by atoms with Crippen LogP contribution in [-0.4, -0.2) is 22.9 Å². The van der Waals surface area contributed by atoms with Crippen molar-refractivity contribution in [1.29, 1.82) is 0 Å². The number of piperidine rings is 1. The standard InChI is InChI=1S/C12H10ClNO4/c13-7-3-1-4-8(11(7)12(17)18)14-9(15)5-2-6-10(14)16/h1,3-4H,2,5-6H2,(H,17,18). The molecule has 0 aliphatic carbocycles. The molecule has 1 aliphatic rings. The Morgan fingerprint density at radius 3 is 2.39 bits per heavy atom. The highest BCUT2D eigenvalue weighted by Crippen LogP contribution is 2.30. The fraction of sp³-hybridized carbons (Fsp3) is 0.250. The lowest BCUT2D eigenvalue weighted by Gasteiger charge is -2.26. The van der Waals surface area contributed by atoms with Crippen molar-refractivity contribution in [2.24, 2.45) is 0 Å². The van der Waals surface area contributed by atoms with E-state index in [0.29, 0.717) is 6.42 Å². The van der Waals surface area contributed by atoms with Gasteiger partial charge in [0.2, 0.25) is 11.8 Å². The third kappa shape index (κ3) is 2.09. The molecule has 18 heavy (non-hydrogen) atoms. The fourth-order valence-corrected chi connectivity index (χ4v) is 2.18. The molecule has 1 fully saturated rings. The van der Waals surface area contributed by atoms with Crippen LogP contribution in [0.4, 0.5) is 5.69 Å². The lowest BCUT2D eigenvalue weighted by atomic mass is 10.1. The van der Waals surface area contributed by atoms with E-state index in [-0.39, 0.29) is 29.1 Å². The van der Waals surface area contributed by atoms with Crippen molar-refractivity contribution < 1.29 is 19.5 Å². The summed E-state index contributed by atoms with van der Waals surface area (Å²) in [5, 5.41) is 9.12. The number of halogens is 1. The number of carbonyl (C=O) groups is 3.